The van der Waals surface area contributed by atoms with E-state index in [1.165, 1.54) is 0 Å². The van der Waals surface area contributed by atoms with Crippen LogP contribution in [0.2, 0.25) is 0 Å². The van der Waals surface area contributed by atoms with Crippen LogP contribution < -0.4 is 10.6 Å². The molecular formula is C18H18N2O2. The van der Waals surface area contributed by atoms with Crippen LogP contribution >= 0.6 is 0 Å². The summed E-state index contributed by atoms with van der Waals surface area (Å²) in [5, 5.41) is 5.77. The average molecular weight is 294 g/mol. The van der Waals surface area contributed by atoms with E-state index in [0.717, 1.165) is 28.1 Å². The van der Waals surface area contributed by atoms with Crippen molar-refractivity contribution in [2.24, 2.45) is 0 Å². The van der Waals surface area contributed by atoms with Crippen molar-refractivity contribution in [2.75, 3.05) is 10.6 Å². The lowest BCUT2D eigenvalue weighted by atomic mass is 9.89. The smallest absolute Gasteiger partial charge is 0.232 e. The molecule has 4 heteroatoms. The number of nitrogens with one attached hydrogen (secondary N) is 2. The van der Waals surface area contributed by atoms with E-state index in [2.05, 4.69) is 10.6 Å². The molecule has 2 N–H and O–H groups in total. The Kier molecular flexibility index (Phi) is 3.67. The van der Waals surface area contributed by atoms with Gasteiger partial charge in [-0.25, -0.2) is 0 Å². The fourth-order valence-corrected chi connectivity index (χ4v) is 2.75. The number of rotatable bonds is 2. The summed E-state index contributed by atoms with van der Waals surface area (Å²) < 4.78 is 0. The van der Waals surface area contributed by atoms with Crippen molar-refractivity contribution in [1.82, 2.24) is 0 Å². The molecule has 4 nitrogen and oxygen atoms in total. The molecule has 0 radical (unpaired) electrons. The molecule has 3 rings (SSSR count). The molecule has 0 aliphatic carbocycles. The van der Waals surface area contributed by atoms with E-state index in [-0.39, 0.29) is 18.2 Å². The SMILES string of the molecule is Cc1cccc(NC(=O)[C@@H]2CC(=O)Nc3ccccc32)c1C. The van der Waals surface area contributed by atoms with Crippen molar-refractivity contribution in [3.05, 3.63) is 59.2 Å². The van der Waals surface area contributed by atoms with Crippen molar-refractivity contribution in [2.45, 2.75) is 26.2 Å². The second-order valence-corrected chi connectivity index (χ2v) is 5.63. The number of aryl methyl sites for hydroxylation is 1. The monoisotopic (exact) mass is 294 g/mol. The van der Waals surface area contributed by atoms with Gasteiger partial charge < -0.3 is 10.6 Å². The van der Waals surface area contributed by atoms with E-state index in [4.69, 9.17) is 0 Å². The first-order valence-corrected chi connectivity index (χ1v) is 7.32. The minimum absolute atomic E-state index is 0.125. The minimum Gasteiger partial charge on any atom is -0.326 e. The zero-order chi connectivity index (χ0) is 15.7. The van der Waals surface area contributed by atoms with Gasteiger partial charge in [0.25, 0.3) is 0 Å². The number of carbonyl (C=O) groups is 2. The van der Waals surface area contributed by atoms with Gasteiger partial charge in [0.15, 0.2) is 0 Å². The number of anilines is 2. The van der Waals surface area contributed by atoms with Gasteiger partial charge in [0.1, 0.15) is 0 Å². The molecule has 0 spiro atoms. The maximum absolute atomic E-state index is 12.6. The van der Waals surface area contributed by atoms with E-state index < -0.39 is 5.92 Å². The first-order chi connectivity index (χ1) is 10.6. The Labute approximate surface area is 129 Å². The number of hydrogen-bond donors (Lipinski definition) is 2. The minimum atomic E-state index is -0.454. The number of carbonyl (C=O) groups excluding carboxylic acids is 2. The lowest BCUT2D eigenvalue weighted by molar-refractivity contribution is -0.123. The molecule has 0 unspecified atom stereocenters. The Morgan fingerprint density at radius 2 is 1.91 bits per heavy atom. The Bertz CT molecular complexity index is 753. The molecule has 1 heterocycles. The third kappa shape index (κ3) is 2.60. The van der Waals surface area contributed by atoms with E-state index >= 15 is 0 Å². The zero-order valence-corrected chi connectivity index (χ0v) is 12.6. The molecule has 2 aromatic carbocycles. The molecule has 112 valence electrons. The summed E-state index contributed by atoms with van der Waals surface area (Å²) in [5.74, 6) is -0.722. The van der Waals surface area contributed by atoms with Crippen LogP contribution in [0.15, 0.2) is 42.5 Å². The van der Waals surface area contributed by atoms with Crippen LogP contribution in [-0.4, -0.2) is 11.8 Å². The quantitative estimate of drug-likeness (QED) is 0.892. The first-order valence-electron chi connectivity index (χ1n) is 7.32. The lowest BCUT2D eigenvalue weighted by Gasteiger charge is -2.25. The molecule has 0 fully saturated rings. The molecule has 22 heavy (non-hydrogen) atoms. The van der Waals surface area contributed by atoms with Crippen molar-refractivity contribution in [3.8, 4) is 0 Å². The number of amides is 2. The largest absolute Gasteiger partial charge is 0.326 e. The fraction of sp³-hybridized carbons (Fsp3) is 0.222. The van der Waals surface area contributed by atoms with Crippen molar-refractivity contribution >= 4 is 23.2 Å². The van der Waals surface area contributed by atoms with E-state index in [1.807, 2.05) is 56.3 Å². The number of fused-ring (bicyclic) bond motifs is 1. The van der Waals surface area contributed by atoms with E-state index in [9.17, 15) is 9.59 Å². The Morgan fingerprint density at radius 1 is 1.14 bits per heavy atom. The van der Waals surface area contributed by atoms with Crippen LogP contribution in [0.5, 0.6) is 0 Å². The van der Waals surface area contributed by atoms with E-state index in [1.54, 1.807) is 0 Å². The summed E-state index contributed by atoms with van der Waals surface area (Å²) in [4.78, 5) is 24.5. The molecule has 1 aliphatic heterocycles. The third-order valence-corrected chi connectivity index (χ3v) is 4.18. The lowest BCUT2D eigenvalue weighted by Crippen LogP contribution is -2.30. The highest BCUT2D eigenvalue weighted by Gasteiger charge is 2.30. The molecular weight excluding hydrogens is 276 g/mol. The van der Waals surface area contributed by atoms with Crippen LogP contribution in [0.25, 0.3) is 0 Å². The van der Waals surface area contributed by atoms with Gasteiger partial charge in [0.05, 0.1) is 5.92 Å². The van der Waals surface area contributed by atoms with E-state index in [0.29, 0.717) is 0 Å². The summed E-state index contributed by atoms with van der Waals surface area (Å²) in [7, 11) is 0. The molecule has 2 amide bonds. The van der Waals surface area contributed by atoms with Gasteiger partial charge in [-0.2, -0.15) is 0 Å². The summed E-state index contributed by atoms with van der Waals surface area (Å²) in [5.41, 5.74) is 4.56. The highest BCUT2D eigenvalue weighted by atomic mass is 16.2. The molecule has 2 aromatic rings. The molecule has 1 aliphatic rings. The topological polar surface area (TPSA) is 58.2 Å². The predicted octanol–water partition coefficient (Wildman–Crippen LogP) is 3.37. The van der Waals surface area contributed by atoms with Crippen LogP contribution in [0, 0.1) is 13.8 Å². The molecule has 0 aromatic heterocycles. The van der Waals surface area contributed by atoms with Crippen molar-refractivity contribution in [3.63, 3.8) is 0 Å². The first kappa shape index (κ1) is 14.3. The van der Waals surface area contributed by atoms with Gasteiger partial charge in [0, 0.05) is 17.8 Å². The summed E-state index contributed by atoms with van der Waals surface area (Å²) in [6.07, 6.45) is 0.174. The average Bonchev–Trinajstić information content (AvgIpc) is 2.51. The van der Waals surface area contributed by atoms with Crippen LogP contribution in [-0.2, 0) is 9.59 Å². The maximum atomic E-state index is 12.6. The number of benzene rings is 2. The van der Waals surface area contributed by atoms with Crippen molar-refractivity contribution in [1.29, 1.82) is 0 Å². The van der Waals surface area contributed by atoms with Gasteiger partial charge in [-0.3, -0.25) is 9.59 Å². The van der Waals surface area contributed by atoms with Crippen LogP contribution in [0.4, 0.5) is 11.4 Å². The normalized spacial score (nSPS) is 16.6. The fourth-order valence-electron chi connectivity index (χ4n) is 2.75. The van der Waals surface area contributed by atoms with Gasteiger partial charge in [-0.1, -0.05) is 30.3 Å². The summed E-state index contributed by atoms with van der Waals surface area (Å²) in [6.45, 7) is 3.99. The van der Waals surface area contributed by atoms with Gasteiger partial charge in [-0.15, -0.1) is 0 Å². The highest BCUT2D eigenvalue weighted by Crippen LogP contribution is 2.33. The second-order valence-electron chi connectivity index (χ2n) is 5.63. The summed E-state index contributed by atoms with van der Waals surface area (Å²) >= 11 is 0. The molecule has 1 atom stereocenters. The Hall–Kier alpha value is -2.62. The standard InChI is InChI=1S/C18H18N2O2/c1-11-6-5-9-15(12(11)2)20-18(22)14-10-17(21)19-16-8-4-3-7-13(14)16/h3-9,14H,10H2,1-2H3,(H,19,21)(H,20,22)/t14-/m1/s1. The Balaban J connectivity index is 1.89. The van der Waals surface area contributed by atoms with Gasteiger partial charge >= 0.3 is 0 Å². The summed E-state index contributed by atoms with van der Waals surface area (Å²) in [6, 6.07) is 13.3. The third-order valence-electron chi connectivity index (χ3n) is 4.18. The van der Waals surface area contributed by atoms with Crippen molar-refractivity contribution < 1.29 is 9.59 Å². The number of para-hydroxylation sites is 1. The predicted molar refractivity (Wildman–Crippen MR) is 87.0 cm³/mol. The molecule has 0 bridgehead atoms. The zero-order valence-electron chi connectivity index (χ0n) is 12.6. The van der Waals surface area contributed by atoms with Gasteiger partial charge in [-0.05, 0) is 42.7 Å². The Morgan fingerprint density at radius 3 is 2.73 bits per heavy atom. The van der Waals surface area contributed by atoms with Gasteiger partial charge in [0.2, 0.25) is 11.8 Å². The highest BCUT2D eigenvalue weighted by molar-refractivity contribution is 6.05. The van der Waals surface area contributed by atoms with Crippen LogP contribution in [0.3, 0.4) is 0 Å². The second kappa shape index (κ2) is 5.64. The van der Waals surface area contributed by atoms with Crippen LogP contribution in [0.1, 0.15) is 29.0 Å². The molecule has 0 saturated carbocycles. The number of hydrogen-bond acceptors (Lipinski definition) is 2. The molecule has 0 saturated heterocycles. The maximum Gasteiger partial charge on any atom is 0.232 e.